The van der Waals surface area contributed by atoms with Crippen LogP contribution in [0.3, 0.4) is 0 Å². The number of benzene rings is 7. The van der Waals surface area contributed by atoms with Crippen molar-refractivity contribution in [2.24, 2.45) is 0 Å². The van der Waals surface area contributed by atoms with Crippen LogP contribution in [0.5, 0.6) is 0 Å². The van der Waals surface area contributed by atoms with E-state index in [4.69, 9.17) is 33.2 Å². The summed E-state index contributed by atoms with van der Waals surface area (Å²) < 4.78 is 19.4. The summed E-state index contributed by atoms with van der Waals surface area (Å²) in [6.45, 7) is 0. The minimum absolute atomic E-state index is 0.508. The van der Waals surface area contributed by atoms with Crippen LogP contribution in [-0.4, -0.2) is 19.9 Å². The number of hydrogen-bond donors (Lipinski definition) is 0. The zero-order chi connectivity index (χ0) is 32.1. The van der Waals surface area contributed by atoms with E-state index in [0.717, 1.165) is 82.4 Å². The molecule has 0 aliphatic rings. The highest BCUT2D eigenvalue weighted by atomic mass is 16.4. The SMILES string of the molecule is c1ccc(-c2nc(-c3ccc4c5oc(-c6ccccc6)nc5c5cccc6oc3c4c65)nc(-c3cccc4oc5ccccc5c34)n2)cc1. The molecule has 0 N–H and O–H groups in total. The molecule has 0 bridgehead atoms. The Labute approximate surface area is 277 Å². The van der Waals surface area contributed by atoms with Gasteiger partial charge in [0.2, 0.25) is 5.89 Å². The first-order valence-electron chi connectivity index (χ1n) is 16.1. The molecule has 0 atom stereocenters. The smallest absolute Gasteiger partial charge is 0.227 e. The molecule has 4 aromatic heterocycles. The Balaban J connectivity index is 1.20. The van der Waals surface area contributed by atoms with Crippen molar-refractivity contribution >= 4 is 65.7 Å². The monoisotopic (exact) mass is 630 g/mol. The minimum atomic E-state index is 0.508. The first-order valence-corrected chi connectivity index (χ1v) is 16.1. The molecule has 0 radical (unpaired) electrons. The molecule has 0 saturated heterocycles. The summed E-state index contributed by atoms with van der Waals surface area (Å²) in [7, 11) is 0. The normalized spacial score (nSPS) is 12.1. The summed E-state index contributed by atoms with van der Waals surface area (Å²) in [5.74, 6) is 2.20. The van der Waals surface area contributed by atoms with E-state index in [1.807, 2.05) is 115 Å². The topological polar surface area (TPSA) is 91.0 Å². The van der Waals surface area contributed by atoms with Gasteiger partial charge in [0.1, 0.15) is 27.8 Å². The third-order valence-electron chi connectivity index (χ3n) is 9.35. The van der Waals surface area contributed by atoms with E-state index in [2.05, 4.69) is 18.2 Å². The van der Waals surface area contributed by atoms with Crippen molar-refractivity contribution in [2.45, 2.75) is 0 Å². The second kappa shape index (κ2) is 9.82. The van der Waals surface area contributed by atoms with Gasteiger partial charge in [0.15, 0.2) is 23.1 Å². The fourth-order valence-electron chi connectivity index (χ4n) is 7.17. The van der Waals surface area contributed by atoms with E-state index >= 15 is 0 Å². The number of aromatic nitrogens is 4. The van der Waals surface area contributed by atoms with Crippen LogP contribution in [0.4, 0.5) is 0 Å². The van der Waals surface area contributed by atoms with Crippen molar-refractivity contribution in [2.75, 3.05) is 0 Å². The summed E-state index contributed by atoms with van der Waals surface area (Å²) in [5, 5.41) is 5.83. The Morgan fingerprint density at radius 1 is 0.347 bits per heavy atom. The van der Waals surface area contributed by atoms with Crippen LogP contribution in [-0.2, 0) is 0 Å². The molecular weight excluding hydrogens is 608 g/mol. The molecule has 0 spiro atoms. The van der Waals surface area contributed by atoms with Gasteiger partial charge in [0.05, 0.1) is 5.56 Å². The summed E-state index contributed by atoms with van der Waals surface area (Å²) in [4.78, 5) is 20.2. The number of fused-ring (bicyclic) bond motifs is 6. The summed E-state index contributed by atoms with van der Waals surface area (Å²) in [5.41, 5.74) is 8.01. The van der Waals surface area contributed by atoms with E-state index in [0.29, 0.717) is 28.9 Å². The molecule has 7 heteroatoms. The van der Waals surface area contributed by atoms with Crippen LogP contribution in [0.1, 0.15) is 0 Å². The van der Waals surface area contributed by atoms with E-state index in [1.165, 1.54) is 0 Å². The first-order chi connectivity index (χ1) is 24.3. The Hall–Kier alpha value is -6.86. The molecule has 7 aromatic carbocycles. The summed E-state index contributed by atoms with van der Waals surface area (Å²) >= 11 is 0. The predicted octanol–water partition coefficient (Wildman–Crippen LogP) is 11.1. The molecule has 4 heterocycles. The van der Waals surface area contributed by atoms with Crippen molar-refractivity contribution < 1.29 is 13.3 Å². The highest BCUT2D eigenvalue weighted by molar-refractivity contribution is 6.32. The van der Waals surface area contributed by atoms with Gasteiger partial charge in [-0.3, -0.25) is 0 Å². The maximum absolute atomic E-state index is 6.68. The molecule has 0 amide bonds. The first kappa shape index (κ1) is 26.2. The molecule has 0 aliphatic carbocycles. The number of oxazole rings is 1. The van der Waals surface area contributed by atoms with E-state index < -0.39 is 0 Å². The van der Waals surface area contributed by atoms with Crippen molar-refractivity contribution in [3.8, 4) is 45.6 Å². The van der Waals surface area contributed by atoms with Gasteiger partial charge in [-0.25, -0.2) is 19.9 Å². The highest BCUT2D eigenvalue weighted by Gasteiger charge is 2.25. The average molecular weight is 631 g/mol. The van der Waals surface area contributed by atoms with Crippen molar-refractivity contribution in [1.29, 1.82) is 0 Å². The van der Waals surface area contributed by atoms with Crippen LogP contribution in [0.15, 0.2) is 147 Å². The van der Waals surface area contributed by atoms with Crippen LogP contribution in [0.25, 0.3) is 111 Å². The van der Waals surface area contributed by atoms with E-state index in [1.54, 1.807) is 0 Å². The molecule has 0 saturated carbocycles. The molecule has 228 valence electrons. The van der Waals surface area contributed by atoms with Gasteiger partial charge < -0.3 is 13.3 Å². The third-order valence-corrected chi connectivity index (χ3v) is 9.35. The van der Waals surface area contributed by atoms with Gasteiger partial charge in [-0.05, 0) is 42.5 Å². The Morgan fingerprint density at radius 2 is 1.00 bits per heavy atom. The Bertz CT molecular complexity index is 3050. The quantitative estimate of drug-likeness (QED) is 0.179. The number of para-hydroxylation sites is 1. The van der Waals surface area contributed by atoms with Gasteiger partial charge >= 0.3 is 0 Å². The highest BCUT2D eigenvalue weighted by Crippen LogP contribution is 2.46. The molecule has 0 aliphatic heterocycles. The maximum atomic E-state index is 6.68. The second-order valence-corrected chi connectivity index (χ2v) is 12.2. The third kappa shape index (κ3) is 3.78. The zero-order valence-electron chi connectivity index (χ0n) is 25.7. The lowest BCUT2D eigenvalue weighted by molar-refractivity contribution is 0.623. The van der Waals surface area contributed by atoms with Gasteiger partial charge in [0, 0.05) is 49.0 Å². The summed E-state index contributed by atoms with van der Waals surface area (Å²) in [6.07, 6.45) is 0. The maximum Gasteiger partial charge on any atom is 0.227 e. The molecule has 11 aromatic rings. The van der Waals surface area contributed by atoms with Gasteiger partial charge in [0.25, 0.3) is 0 Å². The van der Waals surface area contributed by atoms with Crippen LogP contribution >= 0.6 is 0 Å². The van der Waals surface area contributed by atoms with Crippen LogP contribution < -0.4 is 0 Å². The lowest BCUT2D eigenvalue weighted by Crippen LogP contribution is -2.00. The lowest BCUT2D eigenvalue weighted by atomic mass is 9.98. The number of rotatable bonds is 4. The number of furan rings is 2. The Morgan fingerprint density at radius 3 is 1.84 bits per heavy atom. The lowest BCUT2D eigenvalue weighted by Gasteiger charge is -2.10. The standard InChI is InChI=1S/C42H22N4O3/c1-3-11-23(12-4-1)39-44-40(28-17-10-19-31-33(28)25-15-7-8-18-30(25)47-31)46-41(45-39)29-22-21-27-35-34-26(16-9-20-32(34)48-37(29)35)36-38(27)49-42(43-36)24-13-5-2-6-14-24/h1-22H. The molecular formula is C42H22N4O3. The largest absolute Gasteiger partial charge is 0.456 e. The van der Waals surface area contributed by atoms with Gasteiger partial charge in [-0.1, -0.05) is 91.0 Å². The van der Waals surface area contributed by atoms with E-state index in [-0.39, 0.29) is 0 Å². The second-order valence-electron chi connectivity index (χ2n) is 12.2. The van der Waals surface area contributed by atoms with E-state index in [9.17, 15) is 0 Å². The molecule has 0 fully saturated rings. The number of hydrogen-bond acceptors (Lipinski definition) is 7. The van der Waals surface area contributed by atoms with Crippen LogP contribution in [0.2, 0.25) is 0 Å². The molecule has 0 unspecified atom stereocenters. The zero-order valence-corrected chi connectivity index (χ0v) is 25.7. The molecule has 7 nitrogen and oxygen atoms in total. The number of nitrogens with zero attached hydrogens (tertiary/aromatic N) is 4. The minimum Gasteiger partial charge on any atom is -0.456 e. The molecule has 11 rings (SSSR count). The summed E-state index contributed by atoms with van der Waals surface area (Å²) in [6, 6.07) is 44.1. The van der Waals surface area contributed by atoms with Crippen molar-refractivity contribution in [3.05, 3.63) is 133 Å². The predicted molar refractivity (Wildman–Crippen MR) is 192 cm³/mol. The van der Waals surface area contributed by atoms with Crippen LogP contribution in [0, 0.1) is 0 Å². The fraction of sp³-hybridized carbons (Fsp3) is 0. The fourth-order valence-corrected chi connectivity index (χ4v) is 7.17. The van der Waals surface area contributed by atoms with Crippen molar-refractivity contribution in [1.82, 2.24) is 19.9 Å². The van der Waals surface area contributed by atoms with Gasteiger partial charge in [-0.2, -0.15) is 0 Å². The van der Waals surface area contributed by atoms with Gasteiger partial charge in [-0.15, -0.1) is 0 Å². The van der Waals surface area contributed by atoms with Crippen molar-refractivity contribution in [3.63, 3.8) is 0 Å². The average Bonchev–Trinajstić information content (AvgIpc) is 3.89. The molecule has 49 heavy (non-hydrogen) atoms. The Kier molecular flexibility index (Phi) is 5.26.